The average molecular weight is 364 g/mol. The largest absolute Gasteiger partial charge is 0.460 e. The molecular weight excluding hydrogens is 353 g/mol. The number of nitro groups is 1. The van der Waals surface area contributed by atoms with Crippen molar-refractivity contribution >= 4 is 11.7 Å². The van der Waals surface area contributed by atoms with Crippen LogP contribution in [0.3, 0.4) is 0 Å². The lowest BCUT2D eigenvalue weighted by atomic mass is 9.96. The normalized spacial score (nSPS) is 12.1. The lowest BCUT2D eigenvalue weighted by Crippen LogP contribution is -2.17. The van der Waals surface area contributed by atoms with E-state index in [1.807, 2.05) is 0 Å². The van der Waals surface area contributed by atoms with E-state index in [4.69, 9.17) is 4.74 Å². The molecule has 0 aliphatic rings. The van der Waals surface area contributed by atoms with E-state index in [1.165, 1.54) is 6.07 Å². The minimum absolute atomic E-state index is 0.218. The number of carbonyl (C=O) groups is 1. The quantitative estimate of drug-likeness (QED) is 0.455. The molecule has 0 saturated carbocycles. The molecule has 1 atom stereocenters. The predicted octanol–water partition coefficient (Wildman–Crippen LogP) is 3.96. The van der Waals surface area contributed by atoms with E-state index in [9.17, 15) is 33.3 Å². The summed E-state index contributed by atoms with van der Waals surface area (Å²) in [7, 11) is 0. The van der Waals surface area contributed by atoms with Crippen LogP contribution in [-0.4, -0.2) is 10.9 Å². The number of rotatable bonds is 5. The van der Waals surface area contributed by atoms with E-state index in [1.54, 1.807) is 30.3 Å². The van der Waals surface area contributed by atoms with Gasteiger partial charge in [0.2, 0.25) is 0 Å². The summed E-state index contributed by atoms with van der Waals surface area (Å²) >= 11 is 0. The Kier molecular flexibility index (Phi) is 5.57. The summed E-state index contributed by atoms with van der Waals surface area (Å²) in [4.78, 5) is 22.2. The molecule has 26 heavy (non-hydrogen) atoms. The predicted molar refractivity (Wildman–Crippen MR) is 82.7 cm³/mol. The molecule has 0 aromatic heterocycles. The second kappa shape index (κ2) is 7.65. The molecule has 0 bridgehead atoms. The Morgan fingerprint density at radius 2 is 1.88 bits per heavy atom. The van der Waals surface area contributed by atoms with Crippen LogP contribution in [0, 0.1) is 21.4 Å². The van der Waals surface area contributed by atoms with E-state index >= 15 is 0 Å². The molecule has 2 aromatic rings. The maximum absolute atomic E-state index is 12.9. The van der Waals surface area contributed by atoms with Gasteiger partial charge in [-0.15, -0.1) is 0 Å². The van der Waals surface area contributed by atoms with Gasteiger partial charge in [-0.25, -0.2) is 0 Å². The monoisotopic (exact) mass is 364 g/mol. The third kappa shape index (κ3) is 4.36. The van der Waals surface area contributed by atoms with E-state index in [0.717, 1.165) is 0 Å². The molecule has 0 aliphatic carbocycles. The summed E-state index contributed by atoms with van der Waals surface area (Å²) in [5.74, 6) is -3.03. The summed E-state index contributed by atoms with van der Waals surface area (Å²) in [6.45, 7) is -0.218. The van der Waals surface area contributed by atoms with Gasteiger partial charge < -0.3 is 4.74 Å². The standard InChI is InChI=1S/C17H11F3N2O4/c18-17(19,20)12-6-7-15(22(24)25)13(8-12)14(9-21)16(23)26-10-11-4-2-1-3-5-11/h1-8,14H,10H2/t14-/m0/s1. The van der Waals surface area contributed by atoms with Crippen molar-refractivity contribution in [2.75, 3.05) is 0 Å². The van der Waals surface area contributed by atoms with Gasteiger partial charge >= 0.3 is 12.1 Å². The highest BCUT2D eigenvalue weighted by Crippen LogP contribution is 2.35. The van der Waals surface area contributed by atoms with Crippen molar-refractivity contribution in [3.8, 4) is 6.07 Å². The van der Waals surface area contributed by atoms with Crippen LogP contribution in [-0.2, 0) is 22.3 Å². The molecule has 6 nitrogen and oxygen atoms in total. The second-order valence-electron chi connectivity index (χ2n) is 5.18. The van der Waals surface area contributed by atoms with Crippen LogP contribution < -0.4 is 0 Å². The smallest absolute Gasteiger partial charge is 0.416 e. The van der Waals surface area contributed by atoms with E-state index < -0.39 is 39.8 Å². The van der Waals surface area contributed by atoms with Gasteiger partial charge in [-0.3, -0.25) is 14.9 Å². The number of benzene rings is 2. The number of hydrogen-bond acceptors (Lipinski definition) is 5. The SMILES string of the molecule is N#C[C@H](C(=O)OCc1ccccc1)c1cc(C(F)(F)F)ccc1[N+](=O)[O-]. The first kappa shape index (κ1) is 18.9. The Bertz CT molecular complexity index is 861. The Hall–Kier alpha value is -3.41. The van der Waals surface area contributed by atoms with E-state index in [0.29, 0.717) is 23.8 Å². The number of hydrogen-bond donors (Lipinski definition) is 0. The number of nitriles is 1. The van der Waals surface area contributed by atoms with Gasteiger partial charge in [0.15, 0.2) is 5.92 Å². The number of esters is 1. The number of halogens is 3. The molecule has 0 heterocycles. The van der Waals surface area contributed by atoms with Crippen molar-refractivity contribution in [1.82, 2.24) is 0 Å². The number of carbonyl (C=O) groups excluding carboxylic acids is 1. The first-order valence-electron chi connectivity index (χ1n) is 7.19. The van der Waals surface area contributed by atoms with Gasteiger partial charge in [-0.05, 0) is 17.7 Å². The van der Waals surface area contributed by atoms with Gasteiger partial charge in [-0.2, -0.15) is 18.4 Å². The Labute approximate surface area is 145 Å². The summed E-state index contributed by atoms with van der Waals surface area (Å²) in [6, 6.07) is 11.4. The minimum atomic E-state index is -4.78. The Morgan fingerprint density at radius 3 is 2.42 bits per heavy atom. The van der Waals surface area contributed by atoms with Crippen LogP contribution in [0.25, 0.3) is 0 Å². The molecule has 0 radical (unpaired) electrons. The first-order chi connectivity index (χ1) is 12.2. The molecule has 0 spiro atoms. The van der Waals surface area contributed by atoms with Gasteiger partial charge in [0.25, 0.3) is 5.69 Å². The first-order valence-corrected chi connectivity index (χ1v) is 7.19. The van der Waals surface area contributed by atoms with Crippen LogP contribution in [0.1, 0.15) is 22.6 Å². The molecule has 134 valence electrons. The maximum atomic E-state index is 12.9. The van der Waals surface area contributed by atoms with Crippen LogP contribution in [0.2, 0.25) is 0 Å². The van der Waals surface area contributed by atoms with Crippen molar-refractivity contribution < 1.29 is 27.6 Å². The zero-order chi connectivity index (χ0) is 19.3. The lowest BCUT2D eigenvalue weighted by Gasteiger charge is -2.13. The number of alkyl halides is 3. The molecular formula is C17H11F3N2O4. The van der Waals surface area contributed by atoms with Crippen molar-refractivity contribution in [1.29, 1.82) is 5.26 Å². The van der Waals surface area contributed by atoms with Gasteiger partial charge in [0, 0.05) is 6.07 Å². The van der Waals surface area contributed by atoms with Crippen molar-refractivity contribution in [3.63, 3.8) is 0 Å². The van der Waals surface area contributed by atoms with Crippen molar-refractivity contribution in [2.45, 2.75) is 18.7 Å². The fourth-order valence-corrected chi connectivity index (χ4v) is 2.19. The van der Waals surface area contributed by atoms with Crippen molar-refractivity contribution in [2.24, 2.45) is 0 Å². The molecule has 0 amide bonds. The number of nitrogens with zero attached hydrogens (tertiary/aromatic N) is 2. The number of nitro benzene ring substituents is 1. The minimum Gasteiger partial charge on any atom is -0.460 e. The molecule has 0 aliphatic heterocycles. The Morgan fingerprint density at radius 1 is 1.23 bits per heavy atom. The molecule has 9 heteroatoms. The van der Waals surface area contributed by atoms with E-state index in [-0.39, 0.29) is 6.61 Å². The molecule has 0 fully saturated rings. The second-order valence-corrected chi connectivity index (χ2v) is 5.18. The van der Waals surface area contributed by atoms with Crippen LogP contribution in [0.5, 0.6) is 0 Å². The fourth-order valence-electron chi connectivity index (χ4n) is 2.19. The third-order valence-electron chi connectivity index (χ3n) is 3.45. The fraction of sp³-hybridized carbons (Fsp3) is 0.176. The van der Waals surface area contributed by atoms with Crippen LogP contribution >= 0.6 is 0 Å². The maximum Gasteiger partial charge on any atom is 0.416 e. The zero-order valence-corrected chi connectivity index (χ0v) is 13.1. The highest BCUT2D eigenvalue weighted by molar-refractivity contribution is 5.83. The average Bonchev–Trinajstić information content (AvgIpc) is 2.60. The van der Waals surface area contributed by atoms with Crippen LogP contribution in [0.4, 0.5) is 18.9 Å². The highest BCUT2D eigenvalue weighted by Gasteiger charge is 2.36. The zero-order valence-electron chi connectivity index (χ0n) is 13.1. The van der Waals surface area contributed by atoms with Gasteiger partial charge in [0.1, 0.15) is 6.61 Å². The summed E-state index contributed by atoms with van der Waals surface area (Å²) in [5, 5.41) is 20.3. The number of ether oxygens (including phenoxy) is 1. The van der Waals surface area contributed by atoms with Gasteiger partial charge in [-0.1, -0.05) is 30.3 Å². The summed E-state index contributed by atoms with van der Waals surface area (Å²) in [6.07, 6.45) is -4.78. The molecule has 0 N–H and O–H groups in total. The van der Waals surface area contributed by atoms with Crippen LogP contribution in [0.15, 0.2) is 48.5 Å². The highest BCUT2D eigenvalue weighted by atomic mass is 19.4. The van der Waals surface area contributed by atoms with E-state index in [2.05, 4.69) is 0 Å². The third-order valence-corrected chi connectivity index (χ3v) is 3.45. The van der Waals surface area contributed by atoms with Crippen molar-refractivity contribution in [3.05, 3.63) is 75.3 Å². The summed E-state index contributed by atoms with van der Waals surface area (Å²) in [5.41, 5.74) is -2.03. The molecule has 2 rings (SSSR count). The molecule has 2 aromatic carbocycles. The molecule has 0 saturated heterocycles. The van der Waals surface area contributed by atoms with Gasteiger partial charge in [0.05, 0.1) is 22.1 Å². The summed E-state index contributed by atoms with van der Waals surface area (Å²) < 4.78 is 43.5. The Balaban J connectivity index is 2.34. The topological polar surface area (TPSA) is 93.2 Å². The lowest BCUT2D eigenvalue weighted by molar-refractivity contribution is -0.385. The molecule has 0 unspecified atom stereocenters.